The lowest BCUT2D eigenvalue weighted by atomic mass is 10.2. The second-order valence-electron chi connectivity index (χ2n) is 2.44. The van der Waals surface area contributed by atoms with E-state index in [1.165, 1.54) is 6.42 Å². The van der Waals surface area contributed by atoms with Crippen LogP contribution in [0, 0.1) is 0 Å². The fourth-order valence-corrected chi connectivity index (χ4v) is 0.630. The van der Waals surface area contributed by atoms with Gasteiger partial charge in [0.1, 0.15) is 0 Å². The average molecular weight is 143 g/mol. The quantitative estimate of drug-likeness (QED) is 0.565. The van der Waals surface area contributed by atoms with E-state index in [1.54, 1.807) is 0 Å². The monoisotopic (exact) mass is 143 g/mol. The van der Waals surface area contributed by atoms with Crippen LogP contribution in [0.4, 0.5) is 0 Å². The number of hydrogen-bond acceptors (Lipinski definition) is 2. The van der Waals surface area contributed by atoms with Gasteiger partial charge in [0.15, 0.2) is 0 Å². The molecule has 0 saturated carbocycles. The van der Waals surface area contributed by atoms with Gasteiger partial charge >= 0.3 is 0 Å². The molecular formula is C8H17NO. The molecule has 0 bridgehead atoms. The van der Waals surface area contributed by atoms with Gasteiger partial charge in [-0.3, -0.25) is 0 Å². The summed E-state index contributed by atoms with van der Waals surface area (Å²) in [6, 6.07) is -0.0758. The highest BCUT2D eigenvalue weighted by molar-refractivity contribution is 4.84. The molecule has 0 radical (unpaired) electrons. The van der Waals surface area contributed by atoms with E-state index in [9.17, 15) is 0 Å². The predicted octanol–water partition coefficient (Wildman–Crippen LogP) is 1.05. The van der Waals surface area contributed by atoms with Crippen LogP contribution in [0.5, 0.6) is 0 Å². The van der Waals surface area contributed by atoms with Crippen molar-refractivity contribution < 1.29 is 5.11 Å². The van der Waals surface area contributed by atoms with Gasteiger partial charge in [0.05, 0.1) is 6.61 Å². The standard InChI is InChI=1S/C8H17NO/c1-2-3-4-5-6-8(9)7-10/h4-5,8,10H,2-3,6-7,9H2,1H3/b5-4+/t8-/m1/s1. The maximum Gasteiger partial charge on any atom is 0.0585 e. The first-order valence-corrected chi connectivity index (χ1v) is 3.82. The summed E-state index contributed by atoms with van der Waals surface area (Å²) in [5.41, 5.74) is 5.45. The van der Waals surface area contributed by atoms with Crippen LogP contribution in [0.1, 0.15) is 26.2 Å². The van der Waals surface area contributed by atoms with Gasteiger partial charge in [-0.15, -0.1) is 0 Å². The molecule has 1 atom stereocenters. The summed E-state index contributed by atoms with van der Waals surface area (Å²) >= 11 is 0. The van der Waals surface area contributed by atoms with Gasteiger partial charge in [-0.05, 0) is 12.8 Å². The van der Waals surface area contributed by atoms with Crippen molar-refractivity contribution in [3.63, 3.8) is 0 Å². The number of rotatable bonds is 5. The molecule has 0 amide bonds. The molecule has 2 heteroatoms. The summed E-state index contributed by atoms with van der Waals surface area (Å²) < 4.78 is 0. The van der Waals surface area contributed by atoms with Gasteiger partial charge in [0.25, 0.3) is 0 Å². The molecule has 0 saturated heterocycles. The first kappa shape index (κ1) is 9.66. The van der Waals surface area contributed by atoms with Crippen molar-refractivity contribution in [1.29, 1.82) is 0 Å². The van der Waals surface area contributed by atoms with Gasteiger partial charge in [0.2, 0.25) is 0 Å². The molecule has 0 heterocycles. The predicted molar refractivity (Wildman–Crippen MR) is 43.7 cm³/mol. The fraction of sp³-hybridized carbons (Fsp3) is 0.750. The first-order chi connectivity index (χ1) is 4.81. The molecule has 0 aromatic rings. The summed E-state index contributed by atoms with van der Waals surface area (Å²) in [5.74, 6) is 0. The van der Waals surface area contributed by atoms with Crippen LogP contribution in [0.15, 0.2) is 12.2 Å². The summed E-state index contributed by atoms with van der Waals surface area (Å²) in [6.07, 6.45) is 7.21. The second kappa shape index (κ2) is 6.78. The van der Waals surface area contributed by atoms with Gasteiger partial charge < -0.3 is 10.8 Å². The molecule has 0 fully saturated rings. The molecule has 0 aliphatic rings. The van der Waals surface area contributed by atoms with Gasteiger partial charge in [-0.25, -0.2) is 0 Å². The molecule has 0 aromatic heterocycles. The third kappa shape index (κ3) is 5.79. The zero-order valence-corrected chi connectivity index (χ0v) is 6.59. The van der Waals surface area contributed by atoms with E-state index in [4.69, 9.17) is 10.8 Å². The normalized spacial score (nSPS) is 14.3. The molecule has 60 valence electrons. The molecular weight excluding hydrogens is 126 g/mol. The molecule has 0 aromatic carbocycles. The lowest BCUT2D eigenvalue weighted by molar-refractivity contribution is 0.266. The Bertz CT molecular complexity index is 91.3. The van der Waals surface area contributed by atoms with E-state index in [0.717, 1.165) is 12.8 Å². The Kier molecular flexibility index (Phi) is 6.55. The third-order valence-corrected chi connectivity index (χ3v) is 1.30. The van der Waals surface area contributed by atoms with Gasteiger partial charge in [-0.2, -0.15) is 0 Å². The first-order valence-electron chi connectivity index (χ1n) is 3.82. The Morgan fingerprint density at radius 2 is 2.20 bits per heavy atom. The van der Waals surface area contributed by atoms with Gasteiger partial charge in [0, 0.05) is 6.04 Å². The highest BCUT2D eigenvalue weighted by atomic mass is 16.3. The van der Waals surface area contributed by atoms with Crippen molar-refractivity contribution in [2.45, 2.75) is 32.2 Å². The van der Waals surface area contributed by atoms with E-state index in [-0.39, 0.29) is 12.6 Å². The Morgan fingerprint density at radius 3 is 2.70 bits per heavy atom. The lowest BCUT2D eigenvalue weighted by Gasteiger charge is -2.01. The molecule has 10 heavy (non-hydrogen) atoms. The maximum absolute atomic E-state index is 8.53. The number of nitrogens with two attached hydrogens (primary N) is 1. The van der Waals surface area contributed by atoms with Crippen LogP contribution in [0.3, 0.4) is 0 Å². The second-order valence-corrected chi connectivity index (χ2v) is 2.44. The largest absolute Gasteiger partial charge is 0.395 e. The Balaban J connectivity index is 3.16. The van der Waals surface area contributed by atoms with E-state index < -0.39 is 0 Å². The molecule has 0 aliphatic carbocycles. The number of hydrogen-bond donors (Lipinski definition) is 2. The fourth-order valence-electron chi connectivity index (χ4n) is 0.630. The molecule has 0 aliphatic heterocycles. The SMILES string of the molecule is CCC/C=C/C[C@@H](N)CO. The molecule has 0 unspecified atom stereocenters. The molecule has 3 N–H and O–H groups in total. The van der Waals surface area contributed by atoms with Crippen molar-refractivity contribution in [3.8, 4) is 0 Å². The zero-order chi connectivity index (χ0) is 7.82. The minimum Gasteiger partial charge on any atom is -0.395 e. The van der Waals surface area contributed by atoms with Crippen LogP contribution >= 0.6 is 0 Å². The van der Waals surface area contributed by atoms with E-state index in [2.05, 4.69) is 13.0 Å². The number of aliphatic hydroxyl groups is 1. The summed E-state index contributed by atoms with van der Waals surface area (Å²) in [6.45, 7) is 2.22. The number of unbranched alkanes of at least 4 members (excludes halogenated alkanes) is 1. The highest BCUT2D eigenvalue weighted by Crippen LogP contribution is 1.93. The Hall–Kier alpha value is -0.340. The summed E-state index contributed by atoms with van der Waals surface area (Å²) in [4.78, 5) is 0. The van der Waals surface area contributed by atoms with Crippen molar-refractivity contribution in [2.75, 3.05) is 6.61 Å². The average Bonchev–Trinajstić information content (AvgIpc) is 1.98. The van der Waals surface area contributed by atoms with Crippen molar-refractivity contribution in [2.24, 2.45) is 5.73 Å². The van der Waals surface area contributed by atoms with Crippen molar-refractivity contribution in [3.05, 3.63) is 12.2 Å². The Labute approximate surface area is 62.7 Å². The molecule has 2 nitrogen and oxygen atoms in total. The minimum absolute atomic E-state index is 0.0758. The lowest BCUT2D eigenvalue weighted by Crippen LogP contribution is -2.22. The van der Waals surface area contributed by atoms with Crippen molar-refractivity contribution in [1.82, 2.24) is 0 Å². The summed E-state index contributed by atoms with van der Waals surface area (Å²) in [7, 11) is 0. The highest BCUT2D eigenvalue weighted by Gasteiger charge is 1.93. The van der Waals surface area contributed by atoms with Crippen LogP contribution in [-0.2, 0) is 0 Å². The van der Waals surface area contributed by atoms with Gasteiger partial charge in [-0.1, -0.05) is 25.5 Å². The van der Waals surface area contributed by atoms with Crippen LogP contribution in [0.2, 0.25) is 0 Å². The van der Waals surface area contributed by atoms with Crippen LogP contribution in [0.25, 0.3) is 0 Å². The van der Waals surface area contributed by atoms with Crippen LogP contribution in [-0.4, -0.2) is 17.8 Å². The molecule has 0 spiro atoms. The Morgan fingerprint density at radius 1 is 1.50 bits per heavy atom. The summed E-state index contributed by atoms with van der Waals surface area (Å²) in [5, 5.41) is 8.53. The van der Waals surface area contributed by atoms with E-state index >= 15 is 0 Å². The minimum atomic E-state index is -0.0758. The topological polar surface area (TPSA) is 46.2 Å². The number of aliphatic hydroxyl groups excluding tert-OH is 1. The van der Waals surface area contributed by atoms with Crippen molar-refractivity contribution >= 4 is 0 Å². The van der Waals surface area contributed by atoms with E-state index in [1.807, 2.05) is 6.08 Å². The smallest absolute Gasteiger partial charge is 0.0585 e. The van der Waals surface area contributed by atoms with Crippen LogP contribution < -0.4 is 5.73 Å². The molecule has 0 rings (SSSR count). The third-order valence-electron chi connectivity index (χ3n) is 1.30. The number of allylic oxidation sites excluding steroid dienone is 1. The maximum atomic E-state index is 8.53. The van der Waals surface area contributed by atoms with E-state index in [0.29, 0.717) is 0 Å². The zero-order valence-electron chi connectivity index (χ0n) is 6.59.